The molecule has 1 aromatic carbocycles. The number of hydrogen-bond acceptors (Lipinski definition) is 4. The minimum absolute atomic E-state index is 0.0257. The Kier molecular flexibility index (Phi) is 6.46. The molecule has 0 bridgehead atoms. The highest BCUT2D eigenvalue weighted by atomic mass is 16.7. The minimum atomic E-state index is 0.0257. The average molecular weight is 319 g/mol. The Hall–Kier alpha value is -0.940. The molecule has 128 valence electrons. The topological polar surface area (TPSA) is 41.9 Å². The number of nitrogens with zero attached hydrogens (tertiary/aromatic N) is 1. The van der Waals surface area contributed by atoms with Crippen LogP contribution < -0.4 is 0 Å². The van der Waals surface area contributed by atoms with E-state index in [1.165, 1.54) is 18.4 Å². The van der Waals surface area contributed by atoms with Crippen molar-refractivity contribution in [3.05, 3.63) is 35.4 Å². The molecule has 0 amide bonds. The summed E-state index contributed by atoms with van der Waals surface area (Å²) >= 11 is 0. The lowest BCUT2D eigenvalue weighted by Gasteiger charge is -2.33. The third-order valence-electron chi connectivity index (χ3n) is 5.10. The zero-order valence-electron chi connectivity index (χ0n) is 14.0. The van der Waals surface area contributed by atoms with Crippen LogP contribution in [-0.4, -0.2) is 49.1 Å². The Bertz CT molecular complexity index is 465. The van der Waals surface area contributed by atoms with E-state index in [9.17, 15) is 5.11 Å². The highest BCUT2D eigenvalue weighted by Crippen LogP contribution is 2.30. The number of rotatable bonds is 6. The fraction of sp³-hybridized carbons (Fsp3) is 0.684. The second-order valence-corrected chi connectivity index (χ2v) is 6.64. The van der Waals surface area contributed by atoms with Crippen LogP contribution in [0.4, 0.5) is 0 Å². The Labute approximate surface area is 139 Å². The van der Waals surface area contributed by atoms with Crippen LogP contribution in [0.15, 0.2) is 24.3 Å². The van der Waals surface area contributed by atoms with Gasteiger partial charge < -0.3 is 19.5 Å². The summed E-state index contributed by atoms with van der Waals surface area (Å²) in [7, 11) is 0. The summed E-state index contributed by atoms with van der Waals surface area (Å²) in [6, 6.07) is 8.31. The van der Waals surface area contributed by atoms with Gasteiger partial charge in [-0.15, -0.1) is 0 Å². The Morgan fingerprint density at radius 2 is 1.96 bits per heavy atom. The van der Waals surface area contributed by atoms with Crippen LogP contribution >= 0.6 is 0 Å². The van der Waals surface area contributed by atoms with Crippen molar-refractivity contribution in [2.75, 3.05) is 32.8 Å². The summed E-state index contributed by atoms with van der Waals surface area (Å²) in [4.78, 5) is 2.49. The van der Waals surface area contributed by atoms with Crippen LogP contribution in [0.5, 0.6) is 0 Å². The molecule has 4 nitrogen and oxygen atoms in total. The van der Waals surface area contributed by atoms with E-state index < -0.39 is 0 Å². The van der Waals surface area contributed by atoms with Crippen molar-refractivity contribution in [2.45, 2.75) is 50.9 Å². The third kappa shape index (κ3) is 4.77. The van der Waals surface area contributed by atoms with Gasteiger partial charge in [0.05, 0.1) is 13.2 Å². The number of hydrogen-bond donors (Lipinski definition) is 1. The van der Waals surface area contributed by atoms with Crippen LogP contribution in [0.25, 0.3) is 0 Å². The summed E-state index contributed by atoms with van der Waals surface area (Å²) in [5.41, 5.74) is 2.42. The van der Waals surface area contributed by atoms with Gasteiger partial charge in [-0.25, -0.2) is 0 Å². The van der Waals surface area contributed by atoms with Gasteiger partial charge in [-0.05, 0) is 62.2 Å². The molecule has 1 unspecified atom stereocenters. The lowest BCUT2D eigenvalue weighted by Crippen LogP contribution is -2.36. The number of aliphatic hydroxyl groups is 1. The molecule has 4 heteroatoms. The van der Waals surface area contributed by atoms with E-state index in [0.717, 1.165) is 57.7 Å². The highest BCUT2D eigenvalue weighted by molar-refractivity contribution is 5.30. The predicted octanol–water partition coefficient (Wildman–Crippen LogP) is 2.90. The van der Waals surface area contributed by atoms with Gasteiger partial charge >= 0.3 is 0 Å². The van der Waals surface area contributed by atoms with Crippen molar-refractivity contribution < 1.29 is 14.6 Å². The van der Waals surface area contributed by atoms with Crippen LogP contribution in [0, 0.1) is 0 Å². The molecule has 0 aromatic heterocycles. The highest BCUT2D eigenvalue weighted by Gasteiger charge is 2.22. The van der Waals surface area contributed by atoms with E-state index in [1.807, 2.05) is 12.1 Å². The lowest BCUT2D eigenvalue weighted by atomic mass is 9.86. The van der Waals surface area contributed by atoms with Crippen LogP contribution in [0.3, 0.4) is 0 Å². The Balaban J connectivity index is 1.40. The molecule has 0 radical (unpaired) electrons. The maximum atomic E-state index is 9.50. The van der Waals surface area contributed by atoms with E-state index in [0.29, 0.717) is 5.92 Å². The maximum Gasteiger partial charge on any atom is 0.157 e. The number of aliphatic hydroxyl groups excluding tert-OH is 1. The molecule has 2 aliphatic rings. The molecule has 0 aliphatic carbocycles. The molecule has 1 aromatic rings. The van der Waals surface area contributed by atoms with E-state index >= 15 is 0 Å². The summed E-state index contributed by atoms with van der Waals surface area (Å²) in [5.74, 6) is 0.581. The van der Waals surface area contributed by atoms with E-state index in [-0.39, 0.29) is 12.9 Å². The Morgan fingerprint density at radius 3 is 2.70 bits per heavy atom. The van der Waals surface area contributed by atoms with Gasteiger partial charge in [-0.1, -0.05) is 24.3 Å². The second-order valence-electron chi connectivity index (χ2n) is 6.64. The van der Waals surface area contributed by atoms with Crippen molar-refractivity contribution in [3.63, 3.8) is 0 Å². The zero-order chi connectivity index (χ0) is 15.9. The molecule has 23 heavy (non-hydrogen) atoms. The summed E-state index contributed by atoms with van der Waals surface area (Å²) in [6.45, 7) is 4.97. The van der Waals surface area contributed by atoms with Gasteiger partial charge in [-0.3, -0.25) is 0 Å². The molecular weight excluding hydrogens is 290 g/mol. The largest absolute Gasteiger partial charge is 0.392 e. The maximum absolute atomic E-state index is 9.50. The summed E-state index contributed by atoms with van der Waals surface area (Å²) in [6.07, 6.45) is 5.79. The fourth-order valence-corrected chi connectivity index (χ4v) is 3.70. The molecule has 2 heterocycles. The first kappa shape index (κ1) is 16.9. The van der Waals surface area contributed by atoms with Gasteiger partial charge in [0.1, 0.15) is 0 Å². The van der Waals surface area contributed by atoms with E-state index in [4.69, 9.17) is 9.47 Å². The molecule has 2 aliphatic heterocycles. The zero-order valence-corrected chi connectivity index (χ0v) is 14.0. The average Bonchev–Trinajstić information content (AvgIpc) is 2.63. The summed E-state index contributed by atoms with van der Waals surface area (Å²) < 4.78 is 11.4. The van der Waals surface area contributed by atoms with Crippen LogP contribution in [-0.2, 0) is 16.1 Å². The van der Waals surface area contributed by atoms with Crippen LogP contribution in [0.2, 0.25) is 0 Å². The molecule has 2 saturated heterocycles. The molecule has 0 spiro atoms. The molecule has 1 N–H and O–H groups in total. The first-order valence-corrected chi connectivity index (χ1v) is 9.01. The molecular formula is C19H29NO3. The number of piperidine rings is 1. The van der Waals surface area contributed by atoms with Crippen molar-refractivity contribution >= 4 is 0 Å². The normalized spacial score (nSPS) is 24.0. The number of likely N-dealkylation sites (tertiary alicyclic amines) is 1. The van der Waals surface area contributed by atoms with Crippen LogP contribution in [0.1, 0.15) is 49.1 Å². The SMILES string of the molecule is OCc1ccccc1C1CCN(CCOC2CCCCO2)CC1. The smallest absolute Gasteiger partial charge is 0.157 e. The first-order valence-electron chi connectivity index (χ1n) is 9.01. The summed E-state index contributed by atoms with van der Waals surface area (Å²) in [5, 5.41) is 9.50. The van der Waals surface area contributed by atoms with Crippen molar-refractivity contribution in [3.8, 4) is 0 Å². The molecule has 1 atom stereocenters. The lowest BCUT2D eigenvalue weighted by molar-refractivity contribution is -0.164. The number of benzene rings is 1. The van der Waals surface area contributed by atoms with Gasteiger partial charge in [0.15, 0.2) is 6.29 Å². The van der Waals surface area contributed by atoms with Crippen molar-refractivity contribution in [2.24, 2.45) is 0 Å². The standard InChI is InChI=1S/C19H29NO3/c21-15-17-5-1-2-6-18(17)16-8-10-20(11-9-16)12-14-23-19-7-3-4-13-22-19/h1-2,5-6,16,19,21H,3-4,7-15H2. The van der Waals surface area contributed by atoms with Crippen molar-refractivity contribution in [1.29, 1.82) is 0 Å². The minimum Gasteiger partial charge on any atom is -0.392 e. The molecule has 3 rings (SSSR count). The first-order chi connectivity index (χ1) is 11.4. The monoisotopic (exact) mass is 319 g/mol. The Morgan fingerprint density at radius 1 is 1.13 bits per heavy atom. The third-order valence-corrected chi connectivity index (χ3v) is 5.10. The van der Waals surface area contributed by atoms with Gasteiger partial charge in [0.25, 0.3) is 0 Å². The van der Waals surface area contributed by atoms with Crippen molar-refractivity contribution in [1.82, 2.24) is 4.90 Å². The fourth-order valence-electron chi connectivity index (χ4n) is 3.70. The quantitative estimate of drug-likeness (QED) is 0.875. The van der Waals surface area contributed by atoms with E-state index in [1.54, 1.807) is 0 Å². The molecule has 2 fully saturated rings. The van der Waals surface area contributed by atoms with Gasteiger partial charge in [0.2, 0.25) is 0 Å². The second kappa shape index (κ2) is 8.78. The van der Waals surface area contributed by atoms with Gasteiger partial charge in [0, 0.05) is 13.2 Å². The predicted molar refractivity (Wildman–Crippen MR) is 90.3 cm³/mol. The molecule has 0 saturated carbocycles. The van der Waals surface area contributed by atoms with E-state index in [2.05, 4.69) is 17.0 Å². The van der Waals surface area contributed by atoms with Gasteiger partial charge in [-0.2, -0.15) is 0 Å². The number of ether oxygens (including phenoxy) is 2.